The summed E-state index contributed by atoms with van der Waals surface area (Å²) in [4.78, 5) is 15.0. The highest BCUT2D eigenvalue weighted by Crippen LogP contribution is 2.24. The Hall–Kier alpha value is -2.24. The van der Waals surface area contributed by atoms with Gasteiger partial charge in [0.05, 0.1) is 5.69 Å². The summed E-state index contributed by atoms with van der Waals surface area (Å²) >= 11 is 0. The number of carbonyl (C=O) groups is 1. The molecule has 100 valence electrons. The first kappa shape index (κ1) is 13.2. The molecule has 1 heterocycles. The second kappa shape index (κ2) is 5.17. The first-order valence-electron chi connectivity index (χ1n) is 5.71. The van der Waals surface area contributed by atoms with E-state index in [1.807, 2.05) is 6.92 Å². The van der Waals surface area contributed by atoms with Gasteiger partial charge < -0.3 is 9.52 Å². The SMILES string of the molecule is CCCc1nc(-c2ccc(F)c(F)c2)oc1C(=O)O. The van der Waals surface area contributed by atoms with E-state index in [9.17, 15) is 13.6 Å². The number of benzene rings is 1. The van der Waals surface area contributed by atoms with Gasteiger partial charge in [0.1, 0.15) is 0 Å². The summed E-state index contributed by atoms with van der Waals surface area (Å²) in [5, 5.41) is 8.98. The minimum absolute atomic E-state index is 0.0280. The van der Waals surface area contributed by atoms with E-state index in [1.54, 1.807) is 0 Å². The quantitative estimate of drug-likeness (QED) is 0.923. The lowest BCUT2D eigenvalue weighted by molar-refractivity contribution is 0.0661. The molecule has 0 aliphatic heterocycles. The molecule has 0 bridgehead atoms. The molecule has 0 saturated heterocycles. The van der Waals surface area contributed by atoms with Crippen LogP contribution in [-0.2, 0) is 6.42 Å². The van der Waals surface area contributed by atoms with Crippen LogP contribution in [0.25, 0.3) is 11.5 Å². The molecule has 4 nitrogen and oxygen atoms in total. The fourth-order valence-electron chi connectivity index (χ4n) is 1.68. The van der Waals surface area contributed by atoms with Crippen molar-refractivity contribution >= 4 is 5.97 Å². The van der Waals surface area contributed by atoms with Gasteiger partial charge in [0.25, 0.3) is 0 Å². The van der Waals surface area contributed by atoms with E-state index in [0.717, 1.165) is 12.1 Å². The molecule has 0 radical (unpaired) electrons. The van der Waals surface area contributed by atoms with Crippen molar-refractivity contribution in [3.8, 4) is 11.5 Å². The molecule has 1 aromatic heterocycles. The second-order valence-corrected chi connectivity index (χ2v) is 3.98. The average molecular weight is 267 g/mol. The third kappa shape index (κ3) is 2.62. The van der Waals surface area contributed by atoms with Gasteiger partial charge in [-0.2, -0.15) is 0 Å². The molecule has 0 fully saturated rings. The molecule has 0 aliphatic rings. The van der Waals surface area contributed by atoms with Crippen LogP contribution in [0, 0.1) is 11.6 Å². The minimum atomic E-state index is -1.23. The number of aryl methyl sites for hydroxylation is 1. The number of hydrogen-bond donors (Lipinski definition) is 1. The van der Waals surface area contributed by atoms with Gasteiger partial charge in [0.15, 0.2) is 11.6 Å². The first-order chi connectivity index (χ1) is 9.02. The number of carboxylic acids is 1. The van der Waals surface area contributed by atoms with Crippen molar-refractivity contribution < 1.29 is 23.1 Å². The van der Waals surface area contributed by atoms with E-state index in [2.05, 4.69) is 4.98 Å². The van der Waals surface area contributed by atoms with Gasteiger partial charge in [-0.15, -0.1) is 0 Å². The van der Waals surface area contributed by atoms with Crippen molar-refractivity contribution in [2.45, 2.75) is 19.8 Å². The summed E-state index contributed by atoms with van der Waals surface area (Å²) in [6, 6.07) is 3.14. The molecule has 0 amide bonds. The van der Waals surface area contributed by atoms with Crippen molar-refractivity contribution in [2.24, 2.45) is 0 Å². The number of halogens is 2. The molecule has 0 spiro atoms. The van der Waals surface area contributed by atoms with E-state index >= 15 is 0 Å². The van der Waals surface area contributed by atoms with Gasteiger partial charge in [-0.25, -0.2) is 18.6 Å². The van der Waals surface area contributed by atoms with Crippen LogP contribution in [0.5, 0.6) is 0 Å². The van der Waals surface area contributed by atoms with Crippen LogP contribution in [0.2, 0.25) is 0 Å². The average Bonchev–Trinajstić information content (AvgIpc) is 2.77. The molecule has 0 saturated carbocycles. The zero-order valence-corrected chi connectivity index (χ0v) is 10.1. The molecule has 0 unspecified atom stereocenters. The predicted octanol–water partition coefficient (Wildman–Crippen LogP) is 3.27. The minimum Gasteiger partial charge on any atom is -0.475 e. The fourth-order valence-corrected chi connectivity index (χ4v) is 1.68. The monoisotopic (exact) mass is 267 g/mol. The second-order valence-electron chi connectivity index (χ2n) is 3.98. The smallest absolute Gasteiger partial charge is 0.373 e. The van der Waals surface area contributed by atoms with E-state index in [0.29, 0.717) is 18.5 Å². The summed E-state index contributed by atoms with van der Waals surface area (Å²) < 4.78 is 31.1. The van der Waals surface area contributed by atoms with E-state index in [-0.39, 0.29) is 17.2 Å². The molecular formula is C13H11F2NO3. The summed E-state index contributed by atoms with van der Waals surface area (Å²) in [6.07, 6.45) is 1.14. The van der Waals surface area contributed by atoms with Crippen LogP contribution in [0.4, 0.5) is 8.78 Å². The lowest BCUT2D eigenvalue weighted by atomic mass is 10.2. The number of carboxylic acid groups (broad SMARTS) is 1. The summed E-state index contributed by atoms with van der Waals surface area (Å²) in [5.41, 5.74) is 0.499. The molecular weight excluding hydrogens is 256 g/mol. The largest absolute Gasteiger partial charge is 0.475 e. The van der Waals surface area contributed by atoms with E-state index in [4.69, 9.17) is 9.52 Å². The zero-order valence-electron chi connectivity index (χ0n) is 10.1. The van der Waals surface area contributed by atoms with Crippen molar-refractivity contribution in [3.63, 3.8) is 0 Å². The highest BCUT2D eigenvalue weighted by Gasteiger charge is 2.20. The normalized spacial score (nSPS) is 10.7. The summed E-state index contributed by atoms with van der Waals surface area (Å²) in [5.74, 6) is -3.54. The Labute approximate surface area is 107 Å². The standard InChI is InChI=1S/C13H11F2NO3/c1-2-3-10-11(13(17)18)19-12(16-10)7-4-5-8(14)9(15)6-7/h4-6H,2-3H2,1H3,(H,17,18). The van der Waals surface area contributed by atoms with Gasteiger partial charge in [0.2, 0.25) is 11.7 Å². The molecule has 0 aliphatic carbocycles. The molecule has 6 heteroatoms. The maximum Gasteiger partial charge on any atom is 0.373 e. The van der Waals surface area contributed by atoms with Crippen molar-refractivity contribution in [2.75, 3.05) is 0 Å². The Morgan fingerprint density at radius 2 is 2.11 bits per heavy atom. The molecule has 1 aromatic carbocycles. The predicted molar refractivity (Wildman–Crippen MR) is 62.8 cm³/mol. The summed E-state index contributed by atoms with van der Waals surface area (Å²) in [7, 11) is 0. The Balaban J connectivity index is 2.47. The van der Waals surface area contributed by atoms with Crippen LogP contribution in [-0.4, -0.2) is 16.1 Å². The number of hydrogen-bond acceptors (Lipinski definition) is 3. The number of oxazole rings is 1. The summed E-state index contributed by atoms with van der Waals surface area (Å²) in [6.45, 7) is 1.87. The lowest BCUT2D eigenvalue weighted by Crippen LogP contribution is -1.99. The van der Waals surface area contributed by atoms with E-state index in [1.165, 1.54) is 6.07 Å². The van der Waals surface area contributed by atoms with Gasteiger partial charge in [-0.05, 0) is 24.6 Å². The van der Waals surface area contributed by atoms with Gasteiger partial charge in [0, 0.05) is 5.56 Å². The Morgan fingerprint density at radius 3 is 2.68 bits per heavy atom. The Kier molecular flexibility index (Phi) is 3.59. The van der Waals surface area contributed by atoms with Gasteiger partial charge in [-0.3, -0.25) is 0 Å². The molecule has 0 atom stereocenters. The van der Waals surface area contributed by atoms with Gasteiger partial charge >= 0.3 is 5.97 Å². The van der Waals surface area contributed by atoms with Crippen molar-refractivity contribution in [1.82, 2.24) is 4.98 Å². The lowest BCUT2D eigenvalue weighted by Gasteiger charge is -1.96. The van der Waals surface area contributed by atoms with Crippen LogP contribution in [0.3, 0.4) is 0 Å². The Bertz CT molecular complexity index is 622. The maximum atomic E-state index is 13.1. The van der Waals surface area contributed by atoms with Crippen LogP contribution >= 0.6 is 0 Å². The Morgan fingerprint density at radius 1 is 1.37 bits per heavy atom. The molecule has 2 rings (SSSR count). The maximum absolute atomic E-state index is 13.1. The topological polar surface area (TPSA) is 63.3 Å². The highest BCUT2D eigenvalue weighted by atomic mass is 19.2. The highest BCUT2D eigenvalue weighted by molar-refractivity contribution is 5.86. The van der Waals surface area contributed by atoms with Crippen molar-refractivity contribution in [3.05, 3.63) is 41.3 Å². The fraction of sp³-hybridized carbons (Fsp3) is 0.231. The number of aromatic carboxylic acids is 1. The van der Waals surface area contributed by atoms with E-state index < -0.39 is 17.6 Å². The molecule has 2 aromatic rings. The number of rotatable bonds is 4. The molecule has 1 N–H and O–H groups in total. The van der Waals surface area contributed by atoms with Gasteiger partial charge in [-0.1, -0.05) is 13.3 Å². The van der Waals surface area contributed by atoms with Crippen LogP contribution in [0.15, 0.2) is 22.6 Å². The zero-order chi connectivity index (χ0) is 14.0. The van der Waals surface area contributed by atoms with Crippen LogP contribution < -0.4 is 0 Å². The third-order valence-corrected chi connectivity index (χ3v) is 2.54. The number of nitrogens with zero attached hydrogens (tertiary/aromatic N) is 1. The van der Waals surface area contributed by atoms with Crippen LogP contribution in [0.1, 0.15) is 29.6 Å². The number of aromatic nitrogens is 1. The molecule has 19 heavy (non-hydrogen) atoms. The first-order valence-corrected chi connectivity index (χ1v) is 5.71. The van der Waals surface area contributed by atoms with Crippen molar-refractivity contribution in [1.29, 1.82) is 0 Å². The third-order valence-electron chi connectivity index (χ3n) is 2.54.